The zero-order chi connectivity index (χ0) is 24.4. The second-order valence-electron chi connectivity index (χ2n) is 10.0. The summed E-state index contributed by atoms with van der Waals surface area (Å²) in [6.45, 7) is 0.260. The smallest absolute Gasteiger partial charge is 0.407 e. The van der Waals surface area contributed by atoms with Crippen LogP contribution in [0.25, 0.3) is 11.1 Å². The summed E-state index contributed by atoms with van der Waals surface area (Å²) < 4.78 is 5.69. The van der Waals surface area contributed by atoms with Crippen LogP contribution in [0.1, 0.15) is 62.0 Å². The molecule has 0 aliphatic heterocycles. The Kier molecular flexibility index (Phi) is 6.75. The van der Waals surface area contributed by atoms with Crippen LogP contribution in [0, 0.1) is 11.8 Å². The standard InChI is InChI=1S/C28H32N2O5/c31-26(29-25-14-6-12-22(25)27(32)33)15-17-7-5-13-24(17)30-28(34)35-16-23-20-10-3-1-8-18(20)19-9-2-4-11-21(19)23/h1-4,8-11,17,22-25H,5-7,12-16H2,(H,29,31)(H,30,34)(H,32,33)/t17?,22-,24?,25+/m0/s1. The molecule has 2 amide bonds. The quantitative estimate of drug-likeness (QED) is 0.548. The summed E-state index contributed by atoms with van der Waals surface area (Å²) in [7, 11) is 0. The maximum Gasteiger partial charge on any atom is 0.407 e. The third-order valence-electron chi connectivity index (χ3n) is 7.93. The van der Waals surface area contributed by atoms with Crippen LogP contribution in [0.2, 0.25) is 0 Å². The van der Waals surface area contributed by atoms with Crippen LogP contribution in [0.5, 0.6) is 0 Å². The van der Waals surface area contributed by atoms with Crippen molar-refractivity contribution < 1.29 is 24.2 Å². The van der Waals surface area contributed by atoms with Crippen molar-refractivity contribution >= 4 is 18.0 Å². The van der Waals surface area contributed by atoms with Crippen LogP contribution >= 0.6 is 0 Å². The number of hydrogen-bond donors (Lipinski definition) is 3. The van der Waals surface area contributed by atoms with Gasteiger partial charge >= 0.3 is 12.1 Å². The lowest BCUT2D eigenvalue weighted by atomic mass is 9.98. The lowest BCUT2D eigenvalue weighted by Crippen LogP contribution is -2.43. The number of benzene rings is 2. The van der Waals surface area contributed by atoms with Crippen LogP contribution in [0.15, 0.2) is 48.5 Å². The molecule has 7 nitrogen and oxygen atoms in total. The Hall–Kier alpha value is -3.35. The first-order valence-corrected chi connectivity index (χ1v) is 12.6. The number of carbonyl (C=O) groups excluding carboxylic acids is 2. The van der Waals surface area contributed by atoms with Crippen molar-refractivity contribution in [2.45, 2.75) is 62.9 Å². The first-order valence-electron chi connectivity index (χ1n) is 12.6. The molecule has 3 aliphatic rings. The molecule has 2 aromatic carbocycles. The molecule has 7 heteroatoms. The summed E-state index contributed by atoms with van der Waals surface area (Å²) in [5, 5.41) is 15.3. The Labute approximate surface area is 205 Å². The molecule has 0 spiro atoms. The van der Waals surface area contributed by atoms with E-state index in [-0.39, 0.29) is 42.9 Å². The molecule has 3 N–H and O–H groups in total. The minimum Gasteiger partial charge on any atom is -0.481 e. The van der Waals surface area contributed by atoms with Gasteiger partial charge in [-0.3, -0.25) is 9.59 Å². The first-order chi connectivity index (χ1) is 17.0. The summed E-state index contributed by atoms with van der Waals surface area (Å²) in [5.74, 6) is -1.44. The zero-order valence-electron chi connectivity index (χ0n) is 19.7. The maximum absolute atomic E-state index is 12.7. The second kappa shape index (κ2) is 10.1. The number of carboxylic acids is 1. The van der Waals surface area contributed by atoms with E-state index in [2.05, 4.69) is 34.9 Å². The number of ether oxygens (including phenoxy) is 1. The summed E-state index contributed by atoms with van der Waals surface area (Å²) in [5.41, 5.74) is 4.71. The summed E-state index contributed by atoms with van der Waals surface area (Å²) in [4.78, 5) is 36.7. The lowest BCUT2D eigenvalue weighted by Gasteiger charge is -2.23. The Balaban J connectivity index is 1.15. The van der Waals surface area contributed by atoms with Crippen molar-refractivity contribution in [1.82, 2.24) is 10.6 Å². The molecule has 3 aliphatic carbocycles. The van der Waals surface area contributed by atoms with Gasteiger partial charge in [-0.25, -0.2) is 4.79 Å². The minimum atomic E-state index is -0.844. The van der Waals surface area contributed by atoms with Gasteiger partial charge in [0.25, 0.3) is 0 Å². The van der Waals surface area contributed by atoms with Gasteiger partial charge in [-0.15, -0.1) is 0 Å². The highest BCUT2D eigenvalue weighted by molar-refractivity contribution is 5.80. The van der Waals surface area contributed by atoms with Gasteiger partial charge in [0.1, 0.15) is 6.61 Å². The molecule has 35 heavy (non-hydrogen) atoms. The van der Waals surface area contributed by atoms with Gasteiger partial charge in [0.05, 0.1) is 5.92 Å². The molecular weight excluding hydrogens is 444 g/mol. The molecule has 184 valence electrons. The Morgan fingerprint density at radius 1 is 0.829 bits per heavy atom. The largest absolute Gasteiger partial charge is 0.481 e. The Bertz CT molecular complexity index is 1070. The summed E-state index contributed by atoms with van der Waals surface area (Å²) in [6, 6.07) is 16.0. The second-order valence-corrected chi connectivity index (χ2v) is 10.0. The van der Waals surface area contributed by atoms with E-state index < -0.39 is 18.0 Å². The van der Waals surface area contributed by atoms with E-state index >= 15 is 0 Å². The van der Waals surface area contributed by atoms with E-state index in [4.69, 9.17) is 4.74 Å². The molecule has 0 bridgehead atoms. The van der Waals surface area contributed by atoms with Gasteiger partial charge in [-0.1, -0.05) is 61.4 Å². The molecule has 2 fully saturated rings. The molecule has 0 aromatic heterocycles. The SMILES string of the molecule is O=C(CC1CCCC1NC(=O)OCC1c2ccccc2-c2ccccc21)N[C@@H]1CCC[C@@H]1C(=O)O. The number of carboxylic acid groups (broad SMARTS) is 1. The lowest BCUT2D eigenvalue weighted by molar-refractivity contribution is -0.142. The zero-order valence-corrected chi connectivity index (χ0v) is 19.7. The fraction of sp³-hybridized carbons (Fsp3) is 0.464. The van der Waals surface area contributed by atoms with E-state index in [1.54, 1.807) is 0 Å². The van der Waals surface area contributed by atoms with E-state index in [0.29, 0.717) is 12.8 Å². The molecule has 0 saturated heterocycles. The van der Waals surface area contributed by atoms with Gasteiger partial charge < -0.3 is 20.5 Å². The van der Waals surface area contributed by atoms with Gasteiger partial charge in [0.15, 0.2) is 0 Å². The molecule has 2 unspecified atom stereocenters. The molecule has 0 radical (unpaired) electrons. The fourth-order valence-corrected chi connectivity index (χ4v) is 6.19. The van der Waals surface area contributed by atoms with Crippen LogP contribution in [-0.4, -0.2) is 41.8 Å². The number of amides is 2. The van der Waals surface area contributed by atoms with Gasteiger partial charge in [0, 0.05) is 24.4 Å². The average molecular weight is 477 g/mol. The number of fused-ring (bicyclic) bond motifs is 3. The normalized spacial score (nSPS) is 25.0. The van der Waals surface area contributed by atoms with Crippen molar-refractivity contribution in [3.05, 3.63) is 59.7 Å². The van der Waals surface area contributed by atoms with E-state index in [9.17, 15) is 19.5 Å². The number of rotatable bonds is 7. The Morgan fingerprint density at radius 3 is 2.14 bits per heavy atom. The molecule has 2 saturated carbocycles. The number of nitrogens with one attached hydrogen (secondary N) is 2. The topological polar surface area (TPSA) is 105 Å². The highest BCUT2D eigenvalue weighted by atomic mass is 16.5. The number of alkyl carbamates (subject to hydrolysis) is 1. The van der Waals surface area contributed by atoms with Gasteiger partial charge in [0.2, 0.25) is 5.91 Å². The van der Waals surface area contributed by atoms with E-state index in [1.165, 1.54) is 22.3 Å². The van der Waals surface area contributed by atoms with Crippen LogP contribution < -0.4 is 10.6 Å². The molecule has 0 heterocycles. The molecule has 4 atom stereocenters. The van der Waals surface area contributed by atoms with Crippen LogP contribution in [0.4, 0.5) is 4.79 Å². The predicted octanol–water partition coefficient (Wildman–Crippen LogP) is 4.45. The molecule has 5 rings (SSSR count). The maximum atomic E-state index is 12.7. The molecular formula is C28H32N2O5. The highest BCUT2D eigenvalue weighted by Crippen LogP contribution is 2.44. The van der Waals surface area contributed by atoms with Gasteiger partial charge in [-0.2, -0.15) is 0 Å². The van der Waals surface area contributed by atoms with Crippen molar-refractivity contribution in [1.29, 1.82) is 0 Å². The predicted molar refractivity (Wildman–Crippen MR) is 131 cm³/mol. The third kappa shape index (κ3) is 4.90. The number of carbonyl (C=O) groups is 3. The minimum absolute atomic E-state index is 0.00638. The van der Waals surface area contributed by atoms with E-state index in [0.717, 1.165) is 25.7 Å². The Morgan fingerprint density at radius 2 is 1.46 bits per heavy atom. The van der Waals surface area contributed by atoms with Crippen LogP contribution in [0.3, 0.4) is 0 Å². The summed E-state index contributed by atoms with van der Waals surface area (Å²) in [6.07, 6.45) is 4.57. The van der Waals surface area contributed by atoms with E-state index in [1.807, 2.05) is 24.3 Å². The monoisotopic (exact) mass is 476 g/mol. The summed E-state index contributed by atoms with van der Waals surface area (Å²) >= 11 is 0. The number of aliphatic carboxylic acids is 1. The van der Waals surface area contributed by atoms with Crippen molar-refractivity contribution in [3.63, 3.8) is 0 Å². The van der Waals surface area contributed by atoms with Gasteiger partial charge in [-0.05, 0) is 53.9 Å². The molecule has 2 aromatic rings. The first kappa shape index (κ1) is 23.4. The van der Waals surface area contributed by atoms with Crippen molar-refractivity contribution in [2.75, 3.05) is 6.61 Å². The van der Waals surface area contributed by atoms with Crippen molar-refractivity contribution in [2.24, 2.45) is 11.8 Å². The number of hydrogen-bond acceptors (Lipinski definition) is 4. The van der Waals surface area contributed by atoms with Crippen LogP contribution in [-0.2, 0) is 14.3 Å². The highest BCUT2D eigenvalue weighted by Gasteiger charge is 2.36. The average Bonchev–Trinajstić information content (AvgIpc) is 3.56. The third-order valence-corrected chi connectivity index (χ3v) is 7.93. The fourth-order valence-electron chi connectivity index (χ4n) is 6.19. The van der Waals surface area contributed by atoms with Crippen molar-refractivity contribution in [3.8, 4) is 11.1 Å².